The third-order valence-corrected chi connectivity index (χ3v) is 4.83. The van der Waals surface area contributed by atoms with Crippen LogP contribution in [0.3, 0.4) is 0 Å². The van der Waals surface area contributed by atoms with E-state index < -0.39 is 0 Å². The molecule has 3 rings (SSSR count). The second kappa shape index (κ2) is 7.38. The predicted octanol–water partition coefficient (Wildman–Crippen LogP) is 5.36. The second-order valence-electron chi connectivity index (χ2n) is 6.22. The number of ketones is 1. The van der Waals surface area contributed by atoms with Crippen LogP contribution in [0.15, 0.2) is 57.1 Å². The van der Waals surface area contributed by atoms with E-state index >= 15 is 0 Å². The Kier molecular flexibility index (Phi) is 5.18. The molecule has 2 aromatic carbocycles. The Balaban J connectivity index is 2.23. The number of allylic oxidation sites excluding steroid dienone is 1. The van der Waals surface area contributed by atoms with E-state index in [1.54, 1.807) is 19.2 Å². The van der Waals surface area contributed by atoms with Crippen molar-refractivity contribution in [2.45, 2.75) is 6.92 Å². The van der Waals surface area contributed by atoms with Crippen molar-refractivity contribution in [3.63, 3.8) is 0 Å². The van der Waals surface area contributed by atoms with Gasteiger partial charge in [-0.25, -0.2) is 0 Å². The quantitative estimate of drug-likeness (QED) is 0.528. The van der Waals surface area contributed by atoms with Crippen molar-refractivity contribution in [1.29, 1.82) is 0 Å². The minimum atomic E-state index is -0.0812. The number of hydrogen-bond acceptors (Lipinski definition) is 4. The Morgan fingerprint density at radius 3 is 2.46 bits per heavy atom. The minimum absolute atomic E-state index is 0.0812. The molecule has 5 heteroatoms. The van der Waals surface area contributed by atoms with Crippen molar-refractivity contribution >= 4 is 38.8 Å². The van der Waals surface area contributed by atoms with Crippen molar-refractivity contribution in [2.24, 2.45) is 0 Å². The molecule has 3 aromatic rings. The Labute approximate surface area is 161 Å². The van der Waals surface area contributed by atoms with E-state index in [2.05, 4.69) is 15.9 Å². The van der Waals surface area contributed by atoms with Crippen LogP contribution in [0.25, 0.3) is 17.0 Å². The molecule has 0 atom stereocenters. The van der Waals surface area contributed by atoms with Gasteiger partial charge in [-0.3, -0.25) is 4.79 Å². The zero-order chi connectivity index (χ0) is 18.8. The van der Waals surface area contributed by atoms with Gasteiger partial charge in [0.05, 0.1) is 12.7 Å². The van der Waals surface area contributed by atoms with Crippen LogP contribution in [0, 0.1) is 0 Å². The molecule has 134 valence electrons. The van der Waals surface area contributed by atoms with Gasteiger partial charge in [0, 0.05) is 41.3 Å². The summed E-state index contributed by atoms with van der Waals surface area (Å²) in [7, 11) is 5.51. The predicted molar refractivity (Wildman–Crippen MR) is 108 cm³/mol. The van der Waals surface area contributed by atoms with Crippen LogP contribution in [0.2, 0.25) is 0 Å². The fourth-order valence-electron chi connectivity index (χ4n) is 2.62. The monoisotopic (exact) mass is 413 g/mol. The van der Waals surface area contributed by atoms with Crippen LogP contribution < -0.4 is 4.74 Å². The van der Waals surface area contributed by atoms with E-state index in [0.717, 1.165) is 15.6 Å². The molecule has 4 nitrogen and oxygen atoms in total. The van der Waals surface area contributed by atoms with E-state index in [9.17, 15) is 4.79 Å². The molecule has 0 fully saturated rings. The lowest BCUT2D eigenvalue weighted by molar-refractivity contribution is 0.103. The van der Waals surface area contributed by atoms with E-state index in [4.69, 9.17) is 9.15 Å². The van der Waals surface area contributed by atoms with Crippen LogP contribution in [0.5, 0.6) is 5.75 Å². The first-order valence-electron chi connectivity index (χ1n) is 8.17. The molecule has 0 saturated carbocycles. The molecular weight excluding hydrogens is 394 g/mol. The molecule has 0 bridgehead atoms. The van der Waals surface area contributed by atoms with Gasteiger partial charge in [-0.1, -0.05) is 15.9 Å². The number of fused-ring (bicyclic) bond motifs is 1. The Morgan fingerprint density at radius 1 is 1.15 bits per heavy atom. The normalized spacial score (nSPS) is 11.7. The van der Waals surface area contributed by atoms with E-state index in [1.807, 2.05) is 62.3 Å². The van der Waals surface area contributed by atoms with Crippen LogP contribution in [0.4, 0.5) is 0 Å². The molecule has 0 amide bonds. The summed E-state index contributed by atoms with van der Waals surface area (Å²) < 4.78 is 12.2. The van der Waals surface area contributed by atoms with Crippen LogP contribution in [-0.4, -0.2) is 31.9 Å². The Hall–Kier alpha value is -2.53. The summed E-state index contributed by atoms with van der Waals surface area (Å²) in [5.41, 5.74) is 2.79. The van der Waals surface area contributed by atoms with E-state index in [0.29, 0.717) is 28.2 Å². The fourth-order valence-corrected chi connectivity index (χ4v) is 2.89. The second-order valence-corrected chi connectivity index (χ2v) is 7.14. The summed E-state index contributed by atoms with van der Waals surface area (Å²) in [4.78, 5) is 15.2. The summed E-state index contributed by atoms with van der Waals surface area (Å²) in [5, 5.41) is 0.745. The number of carbonyl (C=O) groups is 1. The summed E-state index contributed by atoms with van der Waals surface area (Å²) in [6, 6.07) is 12.8. The highest BCUT2D eigenvalue weighted by Crippen LogP contribution is 2.32. The van der Waals surface area contributed by atoms with Gasteiger partial charge in [0.1, 0.15) is 17.1 Å². The average Bonchev–Trinajstić information content (AvgIpc) is 2.98. The number of ether oxygens (including phenoxy) is 1. The van der Waals surface area contributed by atoms with E-state index in [1.165, 1.54) is 0 Å². The van der Waals surface area contributed by atoms with Gasteiger partial charge >= 0.3 is 0 Å². The van der Waals surface area contributed by atoms with Gasteiger partial charge in [-0.05, 0) is 49.4 Å². The summed E-state index contributed by atoms with van der Waals surface area (Å²) in [6.07, 6.45) is 1.89. The molecule has 0 spiro atoms. The van der Waals surface area contributed by atoms with Gasteiger partial charge in [-0.2, -0.15) is 0 Å². The van der Waals surface area contributed by atoms with Crippen LogP contribution in [-0.2, 0) is 0 Å². The van der Waals surface area contributed by atoms with Crippen molar-refractivity contribution in [1.82, 2.24) is 4.90 Å². The molecule has 0 aliphatic rings. The number of methoxy groups -OCH3 is 1. The molecule has 0 aliphatic carbocycles. The number of carbonyl (C=O) groups excluding carboxylic acids is 1. The smallest absolute Gasteiger partial charge is 0.197 e. The minimum Gasteiger partial charge on any atom is -0.497 e. The van der Waals surface area contributed by atoms with Crippen molar-refractivity contribution in [2.75, 3.05) is 21.2 Å². The van der Waals surface area contributed by atoms with Crippen LogP contribution in [0.1, 0.15) is 28.6 Å². The zero-order valence-corrected chi connectivity index (χ0v) is 16.8. The highest BCUT2D eigenvalue weighted by atomic mass is 79.9. The Morgan fingerprint density at radius 2 is 1.85 bits per heavy atom. The van der Waals surface area contributed by atoms with Crippen molar-refractivity contribution < 1.29 is 13.9 Å². The molecular formula is C21H20BrNO3. The number of rotatable bonds is 5. The summed E-state index contributed by atoms with van der Waals surface area (Å²) >= 11 is 3.40. The Bertz CT molecular complexity index is 984. The molecule has 0 radical (unpaired) electrons. The van der Waals surface area contributed by atoms with E-state index in [-0.39, 0.29) is 5.78 Å². The standard InChI is InChI=1S/C21H20BrNO3/c1-13(23(2)3)11-19-20(21(24)14-5-7-15(22)8-6-14)17-12-16(25-4)9-10-18(17)26-19/h5-12H,1-4H3/b13-11-. The lowest BCUT2D eigenvalue weighted by Gasteiger charge is -2.12. The number of benzene rings is 2. The highest BCUT2D eigenvalue weighted by molar-refractivity contribution is 9.10. The lowest BCUT2D eigenvalue weighted by Crippen LogP contribution is -2.08. The molecule has 26 heavy (non-hydrogen) atoms. The van der Waals surface area contributed by atoms with Gasteiger partial charge in [-0.15, -0.1) is 0 Å². The van der Waals surface area contributed by atoms with Gasteiger partial charge < -0.3 is 14.1 Å². The fraction of sp³-hybridized carbons (Fsp3) is 0.190. The topological polar surface area (TPSA) is 42.7 Å². The maximum Gasteiger partial charge on any atom is 0.197 e. The highest BCUT2D eigenvalue weighted by Gasteiger charge is 2.22. The number of furan rings is 1. The number of nitrogens with zero attached hydrogens (tertiary/aromatic N) is 1. The molecule has 0 aliphatic heterocycles. The van der Waals surface area contributed by atoms with Gasteiger partial charge in [0.15, 0.2) is 5.78 Å². The first-order chi connectivity index (χ1) is 12.4. The lowest BCUT2D eigenvalue weighted by atomic mass is 9.99. The molecule has 1 heterocycles. The molecule has 1 aromatic heterocycles. The summed E-state index contributed by atoms with van der Waals surface area (Å²) in [5.74, 6) is 1.15. The molecule has 0 saturated heterocycles. The largest absolute Gasteiger partial charge is 0.497 e. The molecule has 0 unspecified atom stereocenters. The maximum absolute atomic E-state index is 13.2. The first-order valence-corrected chi connectivity index (χ1v) is 8.96. The average molecular weight is 414 g/mol. The number of halogens is 1. The molecule has 0 N–H and O–H groups in total. The maximum atomic E-state index is 13.2. The summed E-state index contributed by atoms with van der Waals surface area (Å²) in [6.45, 7) is 1.97. The number of hydrogen-bond donors (Lipinski definition) is 0. The third kappa shape index (κ3) is 3.53. The van der Waals surface area contributed by atoms with Crippen LogP contribution >= 0.6 is 15.9 Å². The SMILES string of the molecule is COc1ccc2oc(/C=C(/C)N(C)C)c(C(=O)c3ccc(Br)cc3)c2c1. The van der Waals surface area contributed by atoms with Gasteiger partial charge in [0.25, 0.3) is 0 Å². The third-order valence-electron chi connectivity index (χ3n) is 4.30. The first kappa shape index (κ1) is 18.3. The van der Waals surface area contributed by atoms with Crippen molar-refractivity contribution in [3.05, 3.63) is 69.5 Å². The zero-order valence-electron chi connectivity index (χ0n) is 15.2. The van der Waals surface area contributed by atoms with Gasteiger partial charge in [0.2, 0.25) is 0 Å². The van der Waals surface area contributed by atoms with Crippen molar-refractivity contribution in [3.8, 4) is 5.75 Å².